The van der Waals surface area contributed by atoms with Crippen LogP contribution < -0.4 is 9.64 Å². The van der Waals surface area contributed by atoms with Crippen molar-refractivity contribution >= 4 is 29.2 Å². The number of pyridine rings is 1. The number of nitrogens with zero attached hydrogens (tertiary/aromatic N) is 5. The van der Waals surface area contributed by atoms with E-state index in [2.05, 4.69) is 21.2 Å². The highest BCUT2D eigenvalue weighted by molar-refractivity contribution is 6.08. The highest BCUT2D eigenvalue weighted by atomic mass is 19.4. The number of halogens is 5. The standard InChI is InChI=1S/C43H44F5N5O4/c1-5-56-41(55)42(3,4)51-24-21-33(22-25-51)52(26-29-11-13-30(14-12-29)31-15-18-34(19-16-31)57-43(46,47)48)38(54)27-53-37(20-17-32-8-6-10-36(44)39(32)45)50-28(2)35-9-7-23-49-40(35)53/h6-16,18-19,23,33H,2,5,17,20-22,24-27H2,1,3-4H3. The van der Waals surface area contributed by atoms with Crippen LogP contribution >= 0.6 is 0 Å². The Hall–Kier alpha value is -5.63. The van der Waals surface area contributed by atoms with E-state index >= 15 is 0 Å². The Morgan fingerprint density at radius 3 is 2.23 bits per heavy atom. The molecule has 0 N–H and O–H groups in total. The second kappa shape index (κ2) is 17.2. The van der Waals surface area contributed by atoms with E-state index in [-0.39, 0.29) is 61.8 Å². The molecule has 57 heavy (non-hydrogen) atoms. The fraction of sp³-hybridized carbons (Fsp3) is 0.349. The van der Waals surface area contributed by atoms with Crippen LogP contribution in [-0.2, 0) is 27.3 Å². The summed E-state index contributed by atoms with van der Waals surface area (Å²) in [6.07, 6.45) is -1.75. The number of benzene rings is 3. The Bertz CT molecular complexity index is 2110. The summed E-state index contributed by atoms with van der Waals surface area (Å²) in [5.74, 6) is -1.84. The van der Waals surface area contributed by atoms with Crippen LogP contribution in [0.15, 0.2) is 96.6 Å². The highest BCUT2D eigenvalue weighted by Gasteiger charge is 2.40. The van der Waals surface area contributed by atoms with Gasteiger partial charge in [0.15, 0.2) is 11.6 Å². The van der Waals surface area contributed by atoms with Crippen molar-refractivity contribution in [3.05, 3.63) is 120 Å². The molecule has 1 amide bonds. The van der Waals surface area contributed by atoms with Gasteiger partial charge in [0.1, 0.15) is 29.5 Å². The summed E-state index contributed by atoms with van der Waals surface area (Å²) in [4.78, 5) is 42.5. The lowest BCUT2D eigenvalue weighted by molar-refractivity contribution is -0.274. The Morgan fingerprint density at radius 1 is 0.912 bits per heavy atom. The molecule has 0 saturated carbocycles. The molecule has 14 heteroatoms. The second-order valence-corrected chi connectivity index (χ2v) is 14.4. The summed E-state index contributed by atoms with van der Waals surface area (Å²) in [5.41, 5.74) is 2.66. The molecule has 2 aliphatic heterocycles. The molecule has 1 fully saturated rings. The number of piperidine rings is 1. The van der Waals surface area contributed by atoms with E-state index in [1.54, 1.807) is 36.2 Å². The largest absolute Gasteiger partial charge is 0.573 e. The molecule has 1 aromatic heterocycles. The molecule has 1 saturated heterocycles. The number of carbonyl (C=O) groups excluding carboxylic acids is 2. The number of amides is 1. The van der Waals surface area contributed by atoms with Crippen LogP contribution in [0.1, 0.15) is 56.7 Å². The minimum Gasteiger partial charge on any atom is -0.465 e. The zero-order valence-electron chi connectivity index (χ0n) is 32.0. The van der Waals surface area contributed by atoms with Gasteiger partial charge in [0, 0.05) is 43.9 Å². The number of aromatic nitrogens is 1. The Labute approximate surface area is 328 Å². The quantitative estimate of drug-likeness (QED) is 0.0991. The van der Waals surface area contributed by atoms with Gasteiger partial charge in [0.05, 0.1) is 12.3 Å². The average molecular weight is 790 g/mol. The van der Waals surface area contributed by atoms with Gasteiger partial charge in [-0.2, -0.15) is 0 Å². The van der Waals surface area contributed by atoms with Gasteiger partial charge in [-0.3, -0.25) is 14.5 Å². The summed E-state index contributed by atoms with van der Waals surface area (Å²) in [6, 6.07) is 20.4. The predicted octanol–water partition coefficient (Wildman–Crippen LogP) is 8.58. The third kappa shape index (κ3) is 9.67. The Kier molecular flexibility index (Phi) is 12.4. The summed E-state index contributed by atoms with van der Waals surface area (Å²) in [6.45, 7) is 10.9. The SMILES string of the molecule is C=C1N=C(CCc2cccc(F)c2F)N(CC(=O)N(Cc2ccc(-c3ccc(OC(F)(F)F)cc3)cc2)C2CCN(C(C)(C)C(=O)OCC)CC2)c2ncccc21. The number of hydrogen-bond donors (Lipinski definition) is 0. The van der Waals surface area contributed by atoms with Gasteiger partial charge >= 0.3 is 12.3 Å². The zero-order valence-corrected chi connectivity index (χ0v) is 32.0. The number of anilines is 1. The first-order chi connectivity index (χ1) is 27.1. The van der Waals surface area contributed by atoms with Crippen molar-refractivity contribution in [2.24, 2.45) is 4.99 Å². The molecule has 3 heterocycles. The molecule has 0 spiro atoms. The van der Waals surface area contributed by atoms with Crippen LogP contribution in [0.2, 0.25) is 0 Å². The van der Waals surface area contributed by atoms with Gasteiger partial charge in [0.2, 0.25) is 5.91 Å². The highest BCUT2D eigenvalue weighted by Crippen LogP contribution is 2.33. The Balaban J connectivity index is 1.26. The monoisotopic (exact) mass is 789 g/mol. The molecule has 0 radical (unpaired) electrons. The van der Waals surface area contributed by atoms with Crippen LogP contribution in [0, 0.1) is 11.6 Å². The van der Waals surface area contributed by atoms with Gasteiger partial charge in [-0.05, 0) is 92.6 Å². The summed E-state index contributed by atoms with van der Waals surface area (Å²) in [7, 11) is 0. The van der Waals surface area contributed by atoms with E-state index in [9.17, 15) is 31.5 Å². The van der Waals surface area contributed by atoms with Gasteiger partial charge in [-0.15, -0.1) is 13.2 Å². The van der Waals surface area contributed by atoms with Crippen LogP contribution in [0.5, 0.6) is 5.75 Å². The van der Waals surface area contributed by atoms with Crippen molar-refractivity contribution in [2.75, 3.05) is 31.1 Å². The maximum absolute atomic E-state index is 14.7. The van der Waals surface area contributed by atoms with Crippen molar-refractivity contribution in [1.29, 1.82) is 0 Å². The van der Waals surface area contributed by atoms with Gasteiger partial charge in [-0.25, -0.2) is 18.8 Å². The molecular weight excluding hydrogens is 745 g/mol. The van der Waals surface area contributed by atoms with E-state index in [1.165, 1.54) is 24.3 Å². The van der Waals surface area contributed by atoms with Crippen molar-refractivity contribution in [1.82, 2.24) is 14.8 Å². The van der Waals surface area contributed by atoms with Gasteiger partial charge < -0.3 is 19.3 Å². The molecule has 0 aliphatic carbocycles. The molecule has 0 unspecified atom stereocenters. The van der Waals surface area contributed by atoms with E-state index in [1.807, 2.05) is 49.1 Å². The first kappa shape index (κ1) is 41.0. The lowest BCUT2D eigenvalue weighted by atomic mass is 9.95. The maximum atomic E-state index is 14.7. The molecular formula is C43H44F5N5O4. The first-order valence-electron chi connectivity index (χ1n) is 18.7. The van der Waals surface area contributed by atoms with Crippen LogP contribution in [0.4, 0.5) is 27.8 Å². The number of amidine groups is 1. The van der Waals surface area contributed by atoms with Crippen molar-refractivity contribution in [2.45, 2.75) is 70.9 Å². The normalized spacial score (nSPS) is 15.2. The van der Waals surface area contributed by atoms with Crippen LogP contribution in [-0.4, -0.2) is 76.7 Å². The number of hydrogen-bond acceptors (Lipinski definition) is 8. The van der Waals surface area contributed by atoms with E-state index < -0.39 is 23.5 Å². The number of likely N-dealkylation sites (tertiary alicyclic amines) is 1. The summed E-state index contributed by atoms with van der Waals surface area (Å²) >= 11 is 0. The fourth-order valence-electron chi connectivity index (χ4n) is 7.25. The predicted molar refractivity (Wildman–Crippen MR) is 207 cm³/mol. The fourth-order valence-corrected chi connectivity index (χ4v) is 7.25. The van der Waals surface area contributed by atoms with Crippen LogP contribution in [0.25, 0.3) is 16.8 Å². The number of aliphatic imine (C=N–C) groups is 1. The molecule has 0 bridgehead atoms. The minimum absolute atomic E-state index is 0.116. The molecule has 2 aliphatic rings. The Morgan fingerprint density at radius 2 is 1.58 bits per heavy atom. The third-order valence-electron chi connectivity index (χ3n) is 10.4. The van der Waals surface area contributed by atoms with E-state index in [4.69, 9.17) is 9.73 Å². The molecule has 9 nitrogen and oxygen atoms in total. The number of rotatable bonds is 13. The lowest BCUT2D eigenvalue weighted by Crippen LogP contribution is -2.57. The summed E-state index contributed by atoms with van der Waals surface area (Å²) < 4.78 is 76.2. The van der Waals surface area contributed by atoms with Gasteiger partial charge in [-0.1, -0.05) is 55.1 Å². The van der Waals surface area contributed by atoms with Crippen molar-refractivity contribution in [3.8, 4) is 16.9 Å². The zero-order chi connectivity index (χ0) is 40.9. The number of esters is 1. The number of fused-ring (bicyclic) bond motifs is 1. The molecule has 0 atom stereocenters. The van der Waals surface area contributed by atoms with Crippen LogP contribution in [0.3, 0.4) is 0 Å². The average Bonchev–Trinajstić information content (AvgIpc) is 3.19. The third-order valence-corrected chi connectivity index (χ3v) is 10.4. The number of carbonyl (C=O) groups is 2. The summed E-state index contributed by atoms with van der Waals surface area (Å²) in [5, 5.41) is 0. The maximum Gasteiger partial charge on any atom is 0.573 e. The number of aryl methyl sites for hydroxylation is 1. The smallest absolute Gasteiger partial charge is 0.465 e. The molecule has 300 valence electrons. The number of ether oxygens (including phenoxy) is 2. The molecule has 6 rings (SSSR count). The van der Waals surface area contributed by atoms with E-state index in [0.29, 0.717) is 54.4 Å². The second-order valence-electron chi connectivity index (χ2n) is 14.4. The van der Waals surface area contributed by atoms with Crippen molar-refractivity contribution in [3.63, 3.8) is 0 Å². The molecule has 3 aromatic carbocycles. The first-order valence-corrected chi connectivity index (χ1v) is 18.7. The van der Waals surface area contributed by atoms with Crippen molar-refractivity contribution < 1.29 is 41.0 Å². The lowest BCUT2D eigenvalue weighted by Gasteiger charge is -2.44. The minimum atomic E-state index is -4.79. The van der Waals surface area contributed by atoms with E-state index in [0.717, 1.165) is 17.2 Å². The number of alkyl halides is 3. The topological polar surface area (TPSA) is 87.6 Å². The molecule has 4 aromatic rings. The van der Waals surface area contributed by atoms with Gasteiger partial charge in [0.25, 0.3) is 0 Å².